The van der Waals surface area contributed by atoms with Crippen molar-refractivity contribution in [1.82, 2.24) is 9.55 Å². The number of hydrogen-bond donors (Lipinski definition) is 0. The molecule has 2 aromatic carbocycles. The van der Waals surface area contributed by atoms with Crippen LogP contribution in [0.1, 0.15) is 11.4 Å². The van der Waals surface area contributed by atoms with Crippen molar-refractivity contribution < 1.29 is 4.92 Å². The summed E-state index contributed by atoms with van der Waals surface area (Å²) in [6, 6.07) is 14.3. The summed E-state index contributed by atoms with van der Waals surface area (Å²) in [4.78, 5) is 14.4. The molecule has 1 aromatic heterocycles. The standard InChI is InChI=1S/C16H13N3O2/c1-18-15(17-11-16(18)19(20)21)9-7-12-6-8-13-4-2-3-5-14(13)10-12/h2-11H,1H3/b9-7+. The number of nitrogens with zero attached hydrogens (tertiary/aromatic N) is 3. The molecule has 0 saturated heterocycles. The zero-order valence-corrected chi connectivity index (χ0v) is 11.4. The molecular formula is C16H13N3O2. The Morgan fingerprint density at radius 3 is 2.62 bits per heavy atom. The van der Waals surface area contributed by atoms with E-state index in [0.717, 1.165) is 10.9 Å². The van der Waals surface area contributed by atoms with Crippen LogP contribution in [0.15, 0.2) is 48.7 Å². The topological polar surface area (TPSA) is 61.0 Å². The van der Waals surface area contributed by atoms with Gasteiger partial charge in [0.15, 0.2) is 0 Å². The first-order chi connectivity index (χ1) is 10.1. The third-order valence-electron chi connectivity index (χ3n) is 3.39. The highest BCUT2D eigenvalue weighted by Crippen LogP contribution is 2.18. The second-order valence-electron chi connectivity index (χ2n) is 4.73. The predicted molar refractivity (Wildman–Crippen MR) is 82.7 cm³/mol. The Balaban J connectivity index is 1.92. The number of hydrogen-bond acceptors (Lipinski definition) is 3. The molecule has 0 aliphatic heterocycles. The van der Waals surface area contributed by atoms with Gasteiger partial charge in [0, 0.05) is 6.08 Å². The molecule has 0 spiro atoms. The summed E-state index contributed by atoms with van der Waals surface area (Å²) in [6.07, 6.45) is 4.94. The fourth-order valence-electron chi connectivity index (χ4n) is 2.22. The number of benzene rings is 2. The van der Waals surface area contributed by atoms with Gasteiger partial charge in [0.05, 0.1) is 7.05 Å². The average Bonchev–Trinajstić information content (AvgIpc) is 2.86. The van der Waals surface area contributed by atoms with E-state index < -0.39 is 4.92 Å². The molecule has 0 saturated carbocycles. The highest BCUT2D eigenvalue weighted by atomic mass is 16.6. The predicted octanol–water partition coefficient (Wildman–Crippen LogP) is 3.65. The number of aromatic nitrogens is 2. The Morgan fingerprint density at radius 1 is 1.14 bits per heavy atom. The van der Waals surface area contributed by atoms with Gasteiger partial charge in [-0.3, -0.25) is 0 Å². The lowest BCUT2D eigenvalue weighted by molar-refractivity contribution is -0.391. The van der Waals surface area contributed by atoms with Gasteiger partial charge in [0.25, 0.3) is 0 Å². The van der Waals surface area contributed by atoms with Crippen LogP contribution in [0.3, 0.4) is 0 Å². The highest BCUT2D eigenvalue weighted by molar-refractivity contribution is 5.85. The molecule has 5 nitrogen and oxygen atoms in total. The van der Waals surface area contributed by atoms with Gasteiger partial charge in [-0.1, -0.05) is 36.4 Å². The van der Waals surface area contributed by atoms with Crippen LogP contribution in [0.25, 0.3) is 22.9 Å². The van der Waals surface area contributed by atoms with Gasteiger partial charge >= 0.3 is 5.82 Å². The molecule has 104 valence electrons. The summed E-state index contributed by atoms with van der Waals surface area (Å²) in [5, 5.41) is 13.1. The Kier molecular flexibility index (Phi) is 3.23. The quantitative estimate of drug-likeness (QED) is 0.543. The maximum Gasteiger partial charge on any atom is 0.342 e. The Morgan fingerprint density at radius 2 is 1.90 bits per heavy atom. The van der Waals surface area contributed by atoms with Crippen molar-refractivity contribution in [2.24, 2.45) is 7.05 Å². The van der Waals surface area contributed by atoms with E-state index in [0.29, 0.717) is 5.82 Å². The van der Waals surface area contributed by atoms with Crippen molar-refractivity contribution in [3.8, 4) is 0 Å². The van der Waals surface area contributed by atoms with Gasteiger partial charge in [-0.25, -0.2) is 9.55 Å². The fraction of sp³-hybridized carbons (Fsp3) is 0.0625. The number of nitro groups is 1. The minimum Gasteiger partial charge on any atom is -0.358 e. The van der Waals surface area contributed by atoms with E-state index in [4.69, 9.17) is 0 Å². The molecule has 0 aliphatic carbocycles. The molecule has 0 bridgehead atoms. The Bertz CT molecular complexity index is 850. The molecule has 3 rings (SSSR count). The third-order valence-corrected chi connectivity index (χ3v) is 3.39. The highest BCUT2D eigenvalue weighted by Gasteiger charge is 2.13. The number of fused-ring (bicyclic) bond motifs is 1. The van der Waals surface area contributed by atoms with Gasteiger partial charge in [0.2, 0.25) is 5.82 Å². The normalized spacial score (nSPS) is 11.3. The molecule has 5 heteroatoms. The average molecular weight is 279 g/mol. The SMILES string of the molecule is Cn1c([N+](=O)[O-])cnc1/C=C/c1ccc2ccccc2c1. The van der Waals surface area contributed by atoms with E-state index in [2.05, 4.69) is 29.2 Å². The van der Waals surface area contributed by atoms with Crippen LogP contribution in [0.5, 0.6) is 0 Å². The van der Waals surface area contributed by atoms with Crippen molar-refractivity contribution in [2.75, 3.05) is 0 Å². The van der Waals surface area contributed by atoms with Crippen LogP contribution in [0.2, 0.25) is 0 Å². The van der Waals surface area contributed by atoms with Crippen molar-refractivity contribution in [3.63, 3.8) is 0 Å². The maximum atomic E-state index is 10.8. The number of imidazole rings is 1. The largest absolute Gasteiger partial charge is 0.358 e. The van der Waals surface area contributed by atoms with Gasteiger partial charge < -0.3 is 10.1 Å². The lowest BCUT2D eigenvalue weighted by Gasteiger charge is -1.99. The summed E-state index contributed by atoms with van der Waals surface area (Å²) in [5.41, 5.74) is 1.03. The van der Waals surface area contributed by atoms with Crippen LogP contribution in [-0.2, 0) is 7.05 Å². The summed E-state index contributed by atoms with van der Waals surface area (Å²) in [5.74, 6) is 0.531. The summed E-state index contributed by atoms with van der Waals surface area (Å²) in [6.45, 7) is 0. The molecule has 21 heavy (non-hydrogen) atoms. The van der Waals surface area contributed by atoms with Crippen LogP contribution in [-0.4, -0.2) is 14.5 Å². The molecule has 3 aromatic rings. The molecule has 0 fully saturated rings. The van der Waals surface area contributed by atoms with E-state index in [1.807, 2.05) is 24.3 Å². The molecule has 1 heterocycles. The lowest BCUT2D eigenvalue weighted by Crippen LogP contribution is -1.98. The lowest BCUT2D eigenvalue weighted by atomic mass is 10.1. The summed E-state index contributed by atoms with van der Waals surface area (Å²) < 4.78 is 1.46. The van der Waals surface area contributed by atoms with E-state index in [1.165, 1.54) is 16.2 Å². The third kappa shape index (κ3) is 2.53. The second-order valence-corrected chi connectivity index (χ2v) is 4.73. The summed E-state index contributed by atoms with van der Waals surface area (Å²) >= 11 is 0. The molecule has 0 atom stereocenters. The van der Waals surface area contributed by atoms with Gasteiger partial charge in [-0.05, 0) is 33.4 Å². The smallest absolute Gasteiger partial charge is 0.342 e. The van der Waals surface area contributed by atoms with Gasteiger partial charge in [-0.15, -0.1) is 0 Å². The van der Waals surface area contributed by atoms with E-state index in [9.17, 15) is 10.1 Å². The second kappa shape index (κ2) is 5.20. The zero-order chi connectivity index (χ0) is 14.8. The van der Waals surface area contributed by atoms with Crippen molar-refractivity contribution >= 4 is 28.7 Å². The maximum absolute atomic E-state index is 10.8. The van der Waals surface area contributed by atoms with E-state index in [1.54, 1.807) is 13.1 Å². The van der Waals surface area contributed by atoms with Crippen LogP contribution in [0.4, 0.5) is 5.82 Å². The molecule has 0 amide bonds. The van der Waals surface area contributed by atoms with Gasteiger partial charge in [-0.2, -0.15) is 0 Å². The monoisotopic (exact) mass is 279 g/mol. The molecule has 0 unspecified atom stereocenters. The van der Waals surface area contributed by atoms with Gasteiger partial charge in [0.1, 0.15) is 6.20 Å². The first-order valence-corrected chi connectivity index (χ1v) is 6.48. The first kappa shape index (κ1) is 13.1. The van der Waals surface area contributed by atoms with Crippen molar-refractivity contribution in [2.45, 2.75) is 0 Å². The van der Waals surface area contributed by atoms with E-state index >= 15 is 0 Å². The zero-order valence-electron chi connectivity index (χ0n) is 11.4. The van der Waals surface area contributed by atoms with Crippen LogP contribution < -0.4 is 0 Å². The van der Waals surface area contributed by atoms with Crippen molar-refractivity contribution in [1.29, 1.82) is 0 Å². The van der Waals surface area contributed by atoms with Crippen LogP contribution >= 0.6 is 0 Å². The minimum absolute atomic E-state index is 0.0202. The fourth-order valence-corrected chi connectivity index (χ4v) is 2.22. The minimum atomic E-state index is -0.444. The number of rotatable bonds is 3. The van der Waals surface area contributed by atoms with Crippen molar-refractivity contribution in [3.05, 3.63) is 70.2 Å². The molecule has 0 radical (unpaired) electrons. The molecule has 0 N–H and O–H groups in total. The van der Waals surface area contributed by atoms with E-state index in [-0.39, 0.29) is 5.82 Å². The Labute approximate surface area is 121 Å². The van der Waals surface area contributed by atoms with Crippen LogP contribution in [0, 0.1) is 10.1 Å². The Hall–Kier alpha value is -2.95. The first-order valence-electron chi connectivity index (χ1n) is 6.48. The molecular weight excluding hydrogens is 266 g/mol. The summed E-state index contributed by atoms with van der Waals surface area (Å²) in [7, 11) is 1.63. The molecule has 0 aliphatic rings.